The average Bonchev–Trinajstić information content (AvgIpc) is 1.91. The largest absolute Gasteiger partial charge is 0.458 e. The number of amides is 6. The third-order valence-corrected chi connectivity index (χ3v) is 14.3. The first kappa shape index (κ1) is 63.0. The lowest BCUT2D eigenvalue weighted by Crippen LogP contribution is -2.53. The number of nitrogens with zero attached hydrogens (tertiary/aromatic N) is 3. The van der Waals surface area contributed by atoms with Crippen LogP contribution in [0.5, 0.6) is 0 Å². The summed E-state index contributed by atoms with van der Waals surface area (Å²) in [6, 6.07) is 3.46. The van der Waals surface area contributed by atoms with Crippen LogP contribution >= 0.6 is 0 Å². The van der Waals surface area contributed by atoms with Crippen LogP contribution in [0.25, 0.3) is 22.3 Å². The van der Waals surface area contributed by atoms with Crippen molar-refractivity contribution in [3.63, 3.8) is 0 Å². The number of pyridine rings is 2. The number of ether oxygens (including phenoxy) is 9. The number of nitrogens with one attached hydrogen (secondary N) is 4. The van der Waals surface area contributed by atoms with E-state index in [0.717, 1.165) is 39.8 Å². The third kappa shape index (κ3) is 16.6. The standard InChI is InChI=1S/C57H77N7O18/c1-5-57(73)42-33-45-52-40(34-64(45)55(71)41(42)35-82-56(57)72)38-7-6-8-39-43(9-10-44(60-52)50(38)39)61-53(69)37(4)59-54(70)51(36(2)3)62-47(66)14-17-74-19-21-76-23-25-78-27-29-80-31-32-81-30-28-79-26-24-77-22-20-75-18-15-58-46(65)13-16-63-48(67)11-12-49(63)68/h9-12,33,36-37,51,73H,5-8,13-32,34-35H2,1-4H3,(H,58,65)(H,59,70)(H,61,69)(H,62,66)/t37-,51-,57-/m0/s1. The number of esters is 1. The Balaban J connectivity index is 0.676. The predicted octanol–water partition coefficient (Wildman–Crippen LogP) is 1.11. The van der Waals surface area contributed by atoms with Crippen molar-refractivity contribution in [3.05, 3.63) is 68.5 Å². The Bertz CT molecular complexity index is 2840. The second-order valence-electron chi connectivity index (χ2n) is 20.3. The Labute approximate surface area is 475 Å². The van der Waals surface area contributed by atoms with Crippen molar-refractivity contribution in [2.24, 2.45) is 5.92 Å². The van der Waals surface area contributed by atoms with E-state index < -0.39 is 47.3 Å². The smallest absolute Gasteiger partial charge is 0.343 e. The van der Waals surface area contributed by atoms with Crippen LogP contribution in [0.15, 0.2) is 35.1 Å². The van der Waals surface area contributed by atoms with Crippen LogP contribution in [0.1, 0.15) is 81.2 Å². The lowest BCUT2D eigenvalue weighted by atomic mass is 9.85. The molecule has 3 aliphatic heterocycles. The Hall–Kier alpha value is -6.55. The molecule has 0 bridgehead atoms. The molecular formula is C57H77N7O18. The topological polar surface area (TPSA) is 309 Å². The zero-order valence-electron chi connectivity index (χ0n) is 47.2. The maximum atomic E-state index is 13.8. The van der Waals surface area contributed by atoms with E-state index in [4.69, 9.17) is 47.6 Å². The van der Waals surface area contributed by atoms with E-state index in [1.807, 2.05) is 6.07 Å². The lowest BCUT2D eigenvalue weighted by molar-refractivity contribution is -0.172. The SMILES string of the molecule is CC[C@@]1(O)C(=O)OCc2c1cc1n(c2=O)Cc2c-1nc1ccc(NC(=O)[C@H](C)NC(=O)[C@@H](NC(=O)CCOCCOCCOCCOCCOCCOCCOCCOCCNC(=O)CCN3C(=O)C=CC3=O)C(C)C)c3c1c2CCC3. The van der Waals surface area contributed by atoms with Crippen LogP contribution in [0, 0.1) is 5.92 Å². The highest BCUT2D eigenvalue weighted by atomic mass is 16.6. The summed E-state index contributed by atoms with van der Waals surface area (Å²) in [4.78, 5) is 107. The number of aliphatic hydroxyl groups is 1. The summed E-state index contributed by atoms with van der Waals surface area (Å²) in [7, 11) is 0. The number of hydrogen-bond donors (Lipinski definition) is 5. The molecule has 0 saturated heterocycles. The summed E-state index contributed by atoms with van der Waals surface area (Å²) in [5.74, 6) is -3.48. The fourth-order valence-electron chi connectivity index (χ4n) is 9.85. The van der Waals surface area contributed by atoms with Crippen LogP contribution in [0.4, 0.5) is 5.69 Å². The van der Waals surface area contributed by atoms with Crippen LogP contribution in [-0.4, -0.2) is 192 Å². The predicted molar refractivity (Wildman–Crippen MR) is 294 cm³/mol. The number of benzene rings is 1. The summed E-state index contributed by atoms with van der Waals surface area (Å²) >= 11 is 0. The Morgan fingerprint density at radius 1 is 0.683 bits per heavy atom. The van der Waals surface area contributed by atoms with Crippen LogP contribution in [-0.2, 0) is 108 Å². The molecule has 3 atom stereocenters. The van der Waals surface area contributed by atoms with Gasteiger partial charge in [-0.2, -0.15) is 0 Å². The van der Waals surface area contributed by atoms with Crippen molar-refractivity contribution >= 4 is 58.0 Å². The van der Waals surface area contributed by atoms with Crippen molar-refractivity contribution < 1.29 is 81.3 Å². The maximum absolute atomic E-state index is 13.8. The number of cyclic esters (lactones) is 1. The number of rotatable bonds is 37. The van der Waals surface area contributed by atoms with E-state index >= 15 is 0 Å². The summed E-state index contributed by atoms with van der Waals surface area (Å²) in [5.41, 5.74) is 3.50. The number of aryl methyl sites for hydroxylation is 2. The fraction of sp³-hybridized carbons (Fsp3) is 0.596. The van der Waals surface area contributed by atoms with E-state index in [0.29, 0.717) is 128 Å². The summed E-state index contributed by atoms with van der Waals surface area (Å²) in [6.07, 6.45) is 4.64. The molecule has 2 aromatic heterocycles. The molecule has 6 amide bonds. The first-order chi connectivity index (χ1) is 39.6. The van der Waals surface area contributed by atoms with E-state index in [2.05, 4.69) is 21.3 Å². The number of carbonyl (C=O) groups is 7. The first-order valence-corrected chi connectivity index (χ1v) is 28.1. The normalized spacial score (nSPS) is 16.7. The van der Waals surface area contributed by atoms with Gasteiger partial charge >= 0.3 is 5.97 Å². The zero-order valence-corrected chi connectivity index (χ0v) is 47.2. The Kier molecular flexibility index (Phi) is 24.0. The summed E-state index contributed by atoms with van der Waals surface area (Å²) in [6.45, 7) is 12.9. The molecule has 7 rings (SSSR count). The molecule has 0 saturated carbocycles. The summed E-state index contributed by atoms with van der Waals surface area (Å²) < 4.78 is 50.9. The van der Waals surface area contributed by atoms with Gasteiger partial charge in [0.1, 0.15) is 18.7 Å². The molecule has 25 heteroatoms. The molecule has 5 heterocycles. The van der Waals surface area contributed by atoms with Gasteiger partial charge in [0.2, 0.25) is 23.6 Å². The molecule has 448 valence electrons. The average molecular weight is 1150 g/mol. The van der Waals surface area contributed by atoms with Crippen molar-refractivity contribution in [2.45, 2.75) is 97.1 Å². The minimum Gasteiger partial charge on any atom is -0.458 e. The third-order valence-electron chi connectivity index (χ3n) is 14.3. The van der Waals surface area contributed by atoms with Gasteiger partial charge in [0, 0.05) is 60.3 Å². The van der Waals surface area contributed by atoms with Crippen molar-refractivity contribution in [1.29, 1.82) is 0 Å². The molecule has 5 N–H and O–H groups in total. The number of anilines is 1. The molecule has 0 radical (unpaired) electrons. The van der Waals surface area contributed by atoms with Crippen LogP contribution in [0.2, 0.25) is 0 Å². The monoisotopic (exact) mass is 1150 g/mol. The molecule has 0 spiro atoms. The molecule has 0 unspecified atom stereocenters. The van der Waals surface area contributed by atoms with Gasteiger partial charge in [0.15, 0.2) is 5.60 Å². The van der Waals surface area contributed by atoms with Crippen LogP contribution < -0.4 is 26.8 Å². The molecule has 0 fully saturated rings. The van der Waals surface area contributed by atoms with Crippen LogP contribution in [0.3, 0.4) is 0 Å². The van der Waals surface area contributed by atoms with Gasteiger partial charge in [0.05, 0.1) is 135 Å². The van der Waals surface area contributed by atoms with E-state index in [1.54, 1.807) is 44.4 Å². The highest BCUT2D eigenvalue weighted by Gasteiger charge is 2.46. The Morgan fingerprint density at radius 2 is 1.24 bits per heavy atom. The number of imide groups is 1. The maximum Gasteiger partial charge on any atom is 0.343 e. The van der Waals surface area contributed by atoms with E-state index in [1.165, 1.54) is 12.2 Å². The van der Waals surface area contributed by atoms with Gasteiger partial charge in [0.25, 0.3) is 17.4 Å². The van der Waals surface area contributed by atoms with Crippen molar-refractivity contribution in [3.8, 4) is 11.4 Å². The number of aromatic nitrogens is 2. The van der Waals surface area contributed by atoms with Gasteiger partial charge in [-0.05, 0) is 67.9 Å². The van der Waals surface area contributed by atoms with E-state index in [9.17, 15) is 43.5 Å². The minimum atomic E-state index is -1.93. The molecule has 25 nitrogen and oxygen atoms in total. The number of fused-ring (bicyclic) bond motifs is 5. The highest BCUT2D eigenvalue weighted by Crippen LogP contribution is 2.43. The second-order valence-corrected chi connectivity index (χ2v) is 20.3. The minimum absolute atomic E-state index is 0.0160. The van der Waals surface area contributed by atoms with Gasteiger partial charge in [-0.25, -0.2) is 9.78 Å². The highest BCUT2D eigenvalue weighted by molar-refractivity contribution is 6.13. The molecule has 82 heavy (non-hydrogen) atoms. The Morgan fingerprint density at radius 3 is 1.82 bits per heavy atom. The molecule has 4 aliphatic rings. The zero-order chi connectivity index (χ0) is 58.6. The fourth-order valence-corrected chi connectivity index (χ4v) is 9.85. The van der Waals surface area contributed by atoms with Crippen molar-refractivity contribution in [1.82, 2.24) is 30.4 Å². The molecule has 3 aromatic rings. The first-order valence-electron chi connectivity index (χ1n) is 28.1. The molecule has 1 aliphatic carbocycles. The molecule has 1 aromatic carbocycles. The molecular weight excluding hydrogens is 1070 g/mol. The lowest BCUT2D eigenvalue weighted by Gasteiger charge is -2.31. The van der Waals surface area contributed by atoms with Gasteiger partial charge in [-0.15, -0.1) is 0 Å². The summed E-state index contributed by atoms with van der Waals surface area (Å²) in [5, 5.41) is 23.4. The van der Waals surface area contributed by atoms with Gasteiger partial charge in [-0.1, -0.05) is 20.8 Å². The second kappa shape index (κ2) is 31.2. The van der Waals surface area contributed by atoms with Crippen molar-refractivity contribution in [2.75, 3.05) is 124 Å². The van der Waals surface area contributed by atoms with E-state index in [-0.39, 0.29) is 86.6 Å². The van der Waals surface area contributed by atoms with Gasteiger partial charge in [-0.3, -0.25) is 38.5 Å². The quantitative estimate of drug-likeness (QED) is 0.0240. The number of carbonyl (C=O) groups excluding carboxylic acids is 7. The van der Waals surface area contributed by atoms with Gasteiger partial charge < -0.3 is 73.6 Å². The number of hydrogen-bond acceptors (Lipinski definition) is 19.